The van der Waals surface area contributed by atoms with Crippen molar-refractivity contribution in [3.63, 3.8) is 0 Å². The maximum absolute atomic E-state index is 13.5. The summed E-state index contributed by atoms with van der Waals surface area (Å²) in [5, 5.41) is 7.44. The molecule has 8 heteroatoms. The van der Waals surface area contributed by atoms with Gasteiger partial charge in [-0.05, 0) is 47.9 Å². The topological polar surface area (TPSA) is 72.5 Å². The van der Waals surface area contributed by atoms with Crippen LogP contribution in [0.4, 0.5) is 4.39 Å². The molecule has 0 bridgehead atoms. The van der Waals surface area contributed by atoms with Crippen molar-refractivity contribution in [3.8, 4) is 0 Å². The number of amides is 1. The number of halogens is 2. The number of guanidine groups is 1. The number of carbonyl (C=O) groups excluding carboxylic acids is 1. The Morgan fingerprint density at radius 2 is 1.87 bits per heavy atom. The van der Waals surface area contributed by atoms with E-state index in [1.54, 1.807) is 38.2 Å². The lowest BCUT2D eigenvalue weighted by Gasteiger charge is -2.13. The SMILES string of the molecule is CN=C(NCCc1c[nH]c2ccc(F)cc12)NCc1ccc(C(=O)N(C)C)cc1.I. The van der Waals surface area contributed by atoms with E-state index in [0.717, 1.165) is 28.5 Å². The van der Waals surface area contributed by atoms with E-state index in [-0.39, 0.29) is 35.7 Å². The fraction of sp³-hybridized carbons (Fsp3) is 0.273. The summed E-state index contributed by atoms with van der Waals surface area (Å²) in [6.07, 6.45) is 2.66. The number of benzene rings is 2. The van der Waals surface area contributed by atoms with Gasteiger partial charge in [0.25, 0.3) is 5.91 Å². The van der Waals surface area contributed by atoms with Gasteiger partial charge in [0.15, 0.2) is 5.96 Å². The Hall–Kier alpha value is -2.62. The van der Waals surface area contributed by atoms with E-state index < -0.39 is 0 Å². The van der Waals surface area contributed by atoms with Crippen LogP contribution in [0.3, 0.4) is 0 Å². The Morgan fingerprint density at radius 3 is 2.53 bits per heavy atom. The maximum atomic E-state index is 13.5. The molecule has 6 nitrogen and oxygen atoms in total. The number of nitrogens with one attached hydrogen (secondary N) is 3. The van der Waals surface area contributed by atoms with E-state index >= 15 is 0 Å². The highest BCUT2D eigenvalue weighted by atomic mass is 127. The Kier molecular flexibility index (Phi) is 8.64. The van der Waals surface area contributed by atoms with E-state index in [1.807, 2.05) is 30.5 Å². The van der Waals surface area contributed by atoms with E-state index in [2.05, 4.69) is 20.6 Å². The van der Waals surface area contributed by atoms with Crippen molar-refractivity contribution in [1.82, 2.24) is 20.5 Å². The first-order valence-corrected chi connectivity index (χ1v) is 9.48. The standard InChI is InChI=1S/C22H26FN5O.HI/c1-24-22(27-13-15-4-6-16(7-5-15)21(29)28(2)3)25-11-10-17-14-26-20-9-8-18(23)12-19(17)20;/h4-9,12,14,26H,10-11,13H2,1-3H3,(H2,24,25,27);1H. The summed E-state index contributed by atoms with van der Waals surface area (Å²) in [5.41, 5.74) is 3.70. The van der Waals surface area contributed by atoms with Crippen LogP contribution in [0.25, 0.3) is 10.9 Å². The molecule has 160 valence electrons. The van der Waals surface area contributed by atoms with Crippen LogP contribution >= 0.6 is 24.0 Å². The highest BCUT2D eigenvalue weighted by Crippen LogP contribution is 2.19. The number of aromatic amines is 1. The molecule has 1 amide bonds. The van der Waals surface area contributed by atoms with Gasteiger partial charge < -0.3 is 20.5 Å². The van der Waals surface area contributed by atoms with Crippen molar-refractivity contribution in [3.05, 3.63) is 71.2 Å². The maximum Gasteiger partial charge on any atom is 0.253 e. The van der Waals surface area contributed by atoms with Crippen LogP contribution in [0.5, 0.6) is 0 Å². The summed E-state index contributed by atoms with van der Waals surface area (Å²) in [7, 11) is 5.19. The number of hydrogen-bond acceptors (Lipinski definition) is 2. The predicted molar refractivity (Wildman–Crippen MR) is 130 cm³/mol. The lowest BCUT2D eigenvalue weighted by atomic mass is 10.1. The van der Waals surface area contributed by atoms with Gasteiger partial charge in [0.2, 0.25) is 0 Å². The van der Waals surface area contributed by atoms with Crippen molar-refractivity contribution in [2.45, 2.75) is 13.0 Å². The monoisotopic (exact) mass is 523 g/mol. The van der Waals surface area contributed by atoms with Crippen LogP contribution in [-0.4, -0.2) is 49.4 Å². The minimum atomic E-state index is -0.234. The molecule has 0 atom stereocenters. The third-order valence-corrected chi connectivity index (χ3v) is 4.71. The fourth-order valence-electron chi connectivity index (χ4n) is 3.10. The lowest BCUT2D eigenvalue weighted by Crippen LogP contribution is -2.37. The minimum absolute atomic E-state index is 0. The Bertz CT molecular complexity index is 1010. The van der Waals surface area contributed by atoms with Gasteiger partial charge in [-0.25, -0.2) is 4.39 Å². The highest BCUT2D eigenvalue weighted by molar-refractivity contribution is 14.0. The van der Waals surface area contributed by atoms with Crippen LogP contribution in [0.1, 0.15) is 21.5 Å². The van der Waals surface area contributed by atoms with Crippen LogP contribution < -0.4 is 10.6 Å². The number of H-pyrrole nitrogens is 1. The van der Waals surface area contributed by atoms with E-state index in [9.17, 15) is 9.18 Å². The molecule has 0 unspecified atom stereocenters. The zero-order valence-electron chi connectivity index (χ0n) is 17.3. The molecular weight excluding hydrogens is 496 g/mol. The molecule has 0 saturated heterocycles. The minimum Gasteiger partial charge on any atom is -0.361 e. The molecule has 0 fully saturated rings. The van der Waals surface area contributed by atoms with Gasteiger partial charge in [-0.15, -0.1) is 24.0 Å². The number of nitrogens with zero attached hydrogens (tertiary/aromatic N) is 2. The average molecular weight is 523 g/mol. The molecule has 3 rings (SSSR count). The average Bonchev–Trinajstić information content (AvgIpc) is 3.12. The van der Waals surface area contributed by atoms with Crippen molar-refractivity contribution >= 4 is 46.7 Å². The summed E-state index contributed by atoms with van der Waals surface area (Å²) >= 11 is 0. The quantitative estimate of drug-likeness (QED) is 0.263. The summed E-state index contributed by atoms with van der Waals surface area (Å²) in [5.74, 6) is 0.436. The number of carbonyl (C=O) groups is 1. The first kappa shape index (κ1) is 23.7. The Labute approximate surface area is 193 Å². The highest BCUT2D eigenvalue weighted by Gasteiger charge is 2.08. The molecule has 0 aliphatic carbocycles. The zero-order chi connectivity index (χ0) is 20.8. The number of hydrogen-bond donors (Lipinski definition) is 3. The molecule has 3 N–H and O–H groups in total. The van der Waals surface area contributed by atoms with Crippen molar-refractivity contribution in [2.24, 2.45) is 4.99 Å². The van der Waals surface area contributed by atoms with Crippen molar-refractivity contribution < 1.29 is 9.18 Å². The molecule has 0 spiro atoms. The predicted octanol–water partition coefficient (Wildman–Crippen LogP) is 3.53. The summed E-state index contributed by atoms with van der Waals surface area (Å²) < 4.78 is 13.5. The fourth-order valence-corrected chi connectivity index (χ4v) is 3.10. The normalized spacial score (nSPS) is 11.1. The molecule has 2 aromatic carbocycles. The molecular formula is C22H27FIN5O. The third-order valence-electron chi connectivity index (χ3n) is 4.71. The van der Waals surface area contributed by atoms with Crippen LogP contribution in [0, 0.1) is 5.82 Å². The van der Waals surface area contributed by atoms with Gasteiger partial charge in [-0.2, -0.15) is 0 Å². The first-order valence-electron chi connectivity index (χ1n) is 9.48. The Balaban J connectivity index is 0.00000320. The van der Waals surface area contributed by atoms with Gasteiger partial charge >= 0.3 is 0 Å². The van der Waals surface area contributed by atoms with Gasteiger partial charge in [0, 0.05) is 56.9 Å². The molecule has 1 heterocycles. The van der Waals surface area contributed by atoms with Crippen LogP contribution in [0.15, 0.2) is 53.7 Å². The smallest absolute Gasteiger partial charge is 0.253 e. The largest absolute Gasteiger partial charge is 0.361 e. The van der Waals surface area contributed by atoms with E-state index in [0.29, 0.717) is 24.6 Å². The molecule has 0 aliphatic heterocycles. The van der Waals surface area contributed by atoms with Crippen LogP contribution in [0.2, 0.25) is 0 Å². The summed E-state index contributed by atoms with van der Waals surface area (Å²) in [4.78, 5) is 20.9. The third kappa shape index (κ3) is 5.94. The number of rotatable bonds is 6. The van der Waals surface area contributed by atoms with Gasteiger partial charge in [0.05, 0.1) is 0 Å². The van der Waals surface area contributed by atoms with Crippen molar-refractivity contribution in [2.75, 3.05) is 27.7 Å². The second kappa shape index (κ2) is 11.0. The van der Waals surface area contributed by atoms with E-state index in [4.69, 9.17) is 0 Å². The molecule has 1 aromatic heterocycles. The number of aromatic nitrogens is 1. The lowest BCUT2D eigenvalue weighted by molar-refractivity contribution is 0.0827. The summed E-state index contributed by atoms with van der Waals surface area (Å²) in [6, 6.07) is 12.3. The molecule has 0 radical (unpaired) electrons. The molecule has 3 aromatic rings. The zero-order valence-corrected chi connectivity index (χ0v) is 19.7. The summed E-state index contributed by atoms with van der Waals surface area (Å²) in [6.45, 7) is 1.26. The Morgan fingerprint density at radius 1 is 1.13 bits per heavy atom. The van der Waals surface area contributed by atoms with Gasteiger partial charge in [-0.1, -0.05) is 12.1 Å². The van der Waals surface area contributed by atoms with Crippen molar-refractivity contribution in [1.29, 1.82) is 0 Å². The molecule has 0 aliphatic rings. The number of aliphatic imine (C=N–C) groups is 1. The molecule has 30 heavy (non-hydrogen) atoms. The second-order valence-corrected chi connectivity index (χ2v) is 7.00. The molecule has 0 saturated carbocycles. The van der Waals surface area contributed by atoms with Gasteiger partial charge in [-0.3, -0.25) is 9.79 Å². The number of fused-ring (bicyclic) bond motifs is 1. The van der Waals surface area contributed by atoms with E-state index in [1.165, 1.54) is 6.07 Å². The second-order valence-electron chi connectivity index (χ2n) is 7.00. The van der Waals surface area contributed by atoms with Crippen LogP contribution in [-0.2, 0) is 13.0 Å². The first-order chi connectivity index (χ1) is 14.0. The van der Waals surface area contributed by atoms with Gasteiger partial charge in [0.1, 0.15) is 5.82 Å².